The Kier molecular flexibility index (Phi) is 5.44. The van der Waals surface area contributed by atoms with E-state index in [1.807, 2.05) is 84.9 Å². The lowest BCUT2D eigenvalue weighted by Crippen LogP contribution is -2.28. The van der Waals surface area contributed by atoms with Crippen LogP contribution in [0.25, 0.3) is 11.1 Å². The highest BCUT2D eigenvalue weighted by Crippen LogP contribution is 2.28. The van der Waals surface area contributed by atoms with Crippen molar-refractivity contribution in [3.05, 3.63) is 96.1 Å². The van der Waals surface area contributed by atoms with Crippen LogP contribution in [0.1, 0.15) is 24.0 Å². The minimum atomic E-state index is -0.618. The molecule has 3 rings (SSSR count). The molecule has 0 fully saturated rings. The molecule has 1 unspecified atom stereocenters. The maximum absolute atomic E-state index is 12.6. The first-order valence-corrected chi connectivity index (χ1v) is 8.33. The van der Waals surface area contributed by atoms with E-state index in [0.29, 0.717) is 0 Å². The third kappa shape index (κ3) is 4.16. The normalized spacial score (nSPS) is 11.4. The smallest absolute Gasteiger partial charge is 0.340 e. The molecule has 0 saturated heterocycles. The lowest BCUT2D eigenvalue weighted by molar-refractivity contribution is -0.158. The molecule has 130 valence electrons. The molecule has 4 nitrogen and oxygen atoms in total. The van der Waals surface area contributed by atoms with Gasteiger partial charge in [-0.1, -0.05) is 84.9 Å². The summed E-state index contributed by atoms with van der Waals surface area (Å²) in [5.41, 5.74) is 5.89. The van der Waals surface area contributed by atoms with Crippen molar-refractivity contribution in [3.8, 4) is 11.1 Å². The van der Waals surface area contributed by atoms with Crippen LogP contribution < -0.4 is 5.48 Å². The third-order valence-electron chi connectivity index (χ3n) is 4.02. The van der Waals surface area contributed by atoms with Gasteiger partial charge in [0.25, 0.3) is 0 Å². The minimum absolute atomic E-state index is 0.426. The van der Waals surface area contributed by atoms with E-state index in [-0.39, 0.29) is 0 Å². The molecule has 0 saturated carbocycles. The van der Waals surface area contributed by atoms with Crippen molar-refractivity contribution in [1.82, 2.24) is 5.48 Å². The van der Waals surface area contributed by atoms with Gasteiger partial charge in [0.05, 0.1) is 0 Å². The molecular formula is C22H19NO3. The summed E-state index contributed by atoms with van der Waals surface area (Å²) in [4.78, 5) is 28.6. The van der Waals surface area contributed by atoms with Crippen LogP contribution in [0.5, 0.6) is 0 Å². The maximum Gasteiger partial charge on any atom is 0.344 e. The number of hydrogen-bond acceptors (Lipinski definition) is 3. The molecule has 1 N–H and O–H groups in total. The Morgan fingerprint density at radius 1 is 0.731 bits per heavy atom. The zero-order chi connectivity index (χ0) is 18.4. The molecular weight excluding hydrogens is 326 g/mol. The molecule has 0 spiro atoms. The summed E-state index contributed by atoms with van der Waals surface area (Å²) in [5.74, 6) is -1.57. The van der Waals surface area contributed by atoms with Crippen LogP contribution in [0.4, 0.5) is 0 Å². The molecule has 0 aliphatic heterocycles. The molecule has 0 aliphatic carbocycles. The molecule has 0 radical (unpaired) electrons. The molecule has 0 bridgehead atoms. The Balaban J connectivity index is 1.91. The molecule has 0 aliphatic rings. The first kappa shape index (κ1) is 17.4. The second-order valence-corrected chi connectivity index (χ2v) is 5.91. The van der Waals surface area contributed by atoms with Crippen LogP contribution in [-0.2, 0) is 14.4 Å². The van der Waals surface area contributed by atoms with Gasteiger partial charge in [0.15, 0.2) is 0 Å². The van der Waals surface area contributed by atoms with E-state index in [1.54, 1.807) is 0 Å². The van der Waals surface area contributed by atoms with E-state index >= 15 is 0 Å². The number of hydrogen-bond donors (Lipinski definition) is 1. The third-order valence-corrected chi connectivity index (χ3v) is 4.02. The van der Waals surface area contributed by atoms with E-state index in [2.05, 4.69) is 5.48 Å². The second kappa shape index (κ2) is 8.12. The van der Waals surface area contributed by atoms with Crippen molar-refractivity contribution in [2.45, 2.75) is 12.8 Å². The highest BCUT2D eigenvalue weighted by Gasteiger charge is 2.25. The fraction of sp³-hybridized carbons (Fsp3) is 0.0909. The van der Waals surface area contributed by atoms with E-state index in [0.717, 1.165) is 22.3 Å². The van der Waals surface area contributed by atoms with Gasteiger partial charge >= 0.3 is 5.97 Å². The highest BCUT2D eigenvalue weighted by atomic mass is 16.7. The summed E-state index contributed by atoms with van der Waals surface area (Å²) >= 11 is 0. The average Bonchev–Trinajstić information content (AvgIpc) is 2.69. The summed E-state index contributed by atoms with van der Waals surface area (Å²) in [6, 6.07) is 27.2. The lowest BCUT2D eigenvalue weighted by atomic mass is 9.90. The van der Waals surface area contributed by atoms with Crippen molar-refractivity contribution in [2.24, 2.45) is 0 Å². The van der Waals surface area contributed by atoms with Gasteiger partial charge < -0.3 is 4.84 Å². The van der Waals surface area contributed by atoms with Crippen molar-refractivity contribution in [1.29, 1.82) is 0 Å². The SMILES string of the molecule is CC(=O)NOC(=O)C(c1ccccc1)c1ccc(-c2ccccc2)cc1. The van der Waals surface area contributed by atoms with Crippen molar-refractivity contribution >= 4 is 11.9 Å². The predicted molar refractivity (Wildman–Crippen MR) is 100 cm³/mol. The monoisotopic (exact) mass is 345 g/mol. The first-order valence-electron chi connectivity index (χ1n) is 8.33. The van der Waals surface area contributed by atoms with Gasteiger partial charge in [-0.3, -0.25) is 4.79 Å². The van der Waals surface area contributed by atoms with Gasteiger partial charge in [-0.15, -0.1) is 0 Å². The number of carbonyl (C=O) groups is 2. The predicted octanol–water partition coefficient (Wildman–Crippen LogP) is 4.08. The van der Waals surface area contributed by atoms with Crippen molar-refractivity contribution in [3.63, 3.8) is 0 Å². The quantitative estimate of drug-likeness (QED) is 0.725. The van der Waals surface area contributed by atoms with E-state index in [1.165, 1.54) is 6.92 Å². The lowest BCUT2D eigenvalue weighted by Gasteiger charge is -2.17. The fourth-order valence-electron chi connectivity index (χ4n) is 2.79. The first-order chi connectivity index (χ1) is 12.6. The van der Waals surface area contributed by atoms with Gasteiger partial charge in [0.1, 0.15) is 5.92 Å². The Hall–Kier alpha value is -3.40. The zero-order valence-corrected chi connectivity index (χ0v) is 14.4. The number of carbonyl (C=O) groups excluding carboxylic acids is 2. The Morgan fingerprint density at radius 3 is 1.81 bits per heavy atom. The Labute approximate surface area is 152 Å². The zero-order valence-electron chi connectivity index (χ0n) is 14.4. The van der Waals surface area contributed by atoms with Crippen LogP contribution in [-0.4, -0.2) is 11.9 Å². The van der Waals surface area contributed by atoms with E-state index in [4.69, 9.17) is 4.84 Å². The van der Waals surface area contributed by atoms with Crippen LogP contribution in [0.2, 0.25) is 0 Å². The number of rotatable bonds is 4. The topological polar surface area (TPSA) is 55.4 Å². The number of amides is 1. The van der Waals surface area contributed by atoms with Gasteiger partial charge in [0, 0.05) is 6.92 Å². The van der Waals surface area contributed by atoms with Crippen molar-refractivity contribution in [2.75, 3.05) is 0 Å². The largest absolute Gasteiger partial charge is 0.344 e. The number of hydroxylamine groups is 1. The number of benzene rings is 3. The molecule has 26 heavy (non-hydrogen) atoms. The molecule has 3 aromatic carbocycles. The van der Waals surface area contributed by atoms with Crippen LogP contribution in [0.3, 0.4) is 0 Å². The highest BCUT2D eigenvalue weighted by molar-refractivity contribution is 5.84. The fourth-order valence-corrected chi connectivity index (χ4v) is 2.79. The Morgan fingerprint density at radius 2 is 1.23 bits per heavy atom. The molecule has 3 aromatic rings. The Bertz CT molecular complexity index is 874. The molecule has 1 atom stereocenters. The summed E-state index contributed by atoms with van der Waals surface area (Å²) in [5, 5.41) is 0. The second-order valence-electron chi connectivity index (χ2n) is 5.91. The summed E-state index contributed by atoms with van der Waals surface area (Å²) in [6.07, 6.45) is 0. The van der Waals surface area contributed by atoms with Crippen molar-refractivity contribution < 1.29 is 14.4 Å². The van der Waals surface area contributed by atoms with Crippen LogP contribution >= 0.6 is 0 Å². The van der Waals surface area contributed by atoms with Gasteiger partial charge in [-0.2, -0.15) is 5.48 Å². The average molecular weight is 345 g/mol. The van der Waals surface area contributed by atoms with Crippen LogP contribution in [0, 0.1) is 0 Å². The molecule has 4 heteroatoms. The van der Waals surface area contributed by atoms with Crippen LogP contribution in [0.15, 0.2) is 84.9 Å². The molecule has 0 heterocycles. The van der Waals surface area contributed by atoms with Gasteiger partial charge in [0.2, 0.25) is 5.91 Å². The summed E-state index contributed by atoms with van der Waals surface area (Å²) < 4.78 is 0. The number of nitrogens with one attached hydrogen (secondary N) is 1. The van der Waals surface area contributed by atoms with Gasteiger partial charge in [-0.05, 0) is 22.3 Å². The van der Waals surface area contributed by atoms with E-state index in [9.17, 15) is 9.59 Å². The maximum atomic E-state index is 12.6. The summed E-state index contributed by atoms with van der Waals surface area (Å²) in [6.45, 7) is 1.29. The molecule has 0 aromatic heterocycles. The minimum Gasteiger partial charge on any atom is -0.340 e. The molecule has 1 amide bonds. The summed E-state index contributed by atoms with van der Waals surface area (Å²) in [7, 11) is 0. The van der Waals surface area contributed by atoms with E-state index < -0.39 is 17.8 Å². The standard InChI is InChI=1S/C22H19NO3/c1-16(24)23-26-22(25)21(19-10-6-3-7-11-19)20-14-12-18(13-15-20)17-8-4-2-5-9-17/h2-15,21H,1H3,(H,23,24). The van der Waals surface area contributed by atoms with Gasteiger partial charge in [-0.25, -0.2) is 4.79 Å².